The first-order valence-corrected chi connectivity index (χ1v) is 6.16. The lowest BCUT2D eigenvalue weighted by Gasteiger charge is -2.17. The number of aliphatic hydroxyl groups excluding tert-OH is 2. The highest BCUT2D eigenvalue weighted by molar-refractivity contribution is 6.35. The van der Waals surface area contributed by atoms with Gasteiger partial charge >= 0.3 is 5.97 Å². The number of hydrogen-bond donors (Lipinski definition) is 2. The highest BCUT2D eigenvalue weighted by Crippen LogP contribution is 2.21. The molecule has 1 unspecified atom stereocenters. The van der Waals surface area contributed by atoms with Crippen LogP contribution in [0.5, 0.6) is 0 Å². The van der Waals surface area contributed by atoms with Crippen molar-refractivity contribution in [1.82, 2.24) is 0 Å². The van der Waals surface area contributed by atoms with Crippen molar-refractivity contribution in [3.05, 3.63) is 0 Å². The minimum absolute atomic E-state index is 0.0382. The molecule has 112 valence electrons. The quantitative estimate of drug-likeness (QED) is 0.147. The molecule has 1 aliphatic heterocycles. The average molecular weight is 287 g/mol. The Morgan fingerprint density at radius 3 is 2.75 bits per heavy atom. The average Bonchev–Trinajstić information content (AvgIpc) is 2.70. The monoisotopic (exact) mass is 287 g/mol. The maximum atomic E-state index is 11.2. The molecule has 2 N–H and O–H groups in total. The third-order valence-electron chi connectivity index (χ3n) is 2.64. The second-order valence-electron chi connectivity index (χ2n) is 4.09. The molecule has 0 aromatic heterocycles. The van der Waals surface area contributed by atoms with E-state index in [0.29, 0.717) is 0 Å². The normalized spacial score (nSPS) is 30.3. The van der Waals surface area contributed by atoms with Gasteiger partial charge in [0, 0.05) is 6.00 Å². The smallest absolute Gasteiger partial charge is 0.355 e. The van der Waals surface area contributed by atoms with Crippen LogP contribution in [0.25, 0.3) is 0 Å². The highest BCUT2D eigenvalue weighted by atomic mass is 16.8. The van der Waals surface area contributed by atoms with Crippen molar-refractivity contribution < 1.29 is 34.1 Å². The topological polar surface area (TPSA) is 107 Å². The zero-order valence-corrected chi connectivity index (χ0v) is 11.4. The third-order valence-corrected chi connectivity index (χ3v) is 2.64. The van der Waals surface area contributed by atoms with Gasteiger partial charge < -0.3 is 29.3 Å². The zero-order chi connectivity index (χ0) is 15.1. The van der Waals surface area contributed by atoms with Gasteiger partial charge in [0.25, 0.3) is 0 Å². The van der Waals surface area contributed by atoms with Gasteiger partial charge in [0.05, 0.1) is 13.2 Å². The van der Waals surface area contributed by atoms with Gasteiger partial charge in [-0.2, -0.15) is 0 Å². The Hall–Kier alpha value is -1.16. The van der Waals surface area contributed by atoms with E-state index >= 15 is 0 Å². The van der Waals surface area contributed by atoms with Gasteiger partial charge in [-0.3, -0.25) is 0 Å². The Morgan fingerprint density at radius 2 is 2.20 bits per heavy atom. The van der Waals surface area contributed by atoms with Crippen LogP contribution >= 0.6 is 0 Å². The first-order chi connectivity index (χ1) is 9.51. The number of hydrogen-bond acceptors (Lipinski definition) is 8. The van der Waals surface area contributed by atoms with Crippen LogP contribution in [0.3, 0.4) is 0 Å². The van der Waals surface area contributed by atoms with E-state index in [4.69, 9.17) is 32.0 Å². The van der Waals surface area contributed by atoms with Crippen LogP contribution in [0.1, 0.15) is 13.8 Å². The Kier molecular flexibility index (Phi) is 6.93. The number of carbonyl (C=O) groups excluding carboxylic acids is 1. The molecule has 1 saturated heterocycles. The van der Waals surface area contributed by atoms with Crippen molar-refractivity contribution in [3.8, 4) is 0 Å². The summed E-state index contributed by atoms with van der Waals surface area (Å²) in [6.07, 6.45) is -2.70. The third kappa shape index (κ3) is 4.45. The molecule has 0 aromatic carbocycles. The van der Waals surface area contributed by atoms with Crippen molar-refractivity contribution in [3.63, 3.8) is 0 Å². The van der Waals surface area contributed by atoms with Crippen molar-refractivity contribution in [2.45, 2.75) is 38.2 Å². The van der Waals surface area contributed by atoms with E-state index in [2.05, 4.69) is 5.16 Å². The van der Waals surface area contributed by atoms with Crippen molar-refractivity contribution in [1.29, 1.82) is 0 Å². The Bertz CT molecular complexity index is 352. The van der Waals surface area contributed by atoms with Crippen LogP contribution in [0.4, 0.5) is 0 Å². The highest BCUT2D eigenvalue weighted by Gasteiger charge is 2.41. The number of aliphatic hydroxyl groups is 2. The summed E-state index contributed by atoms with van der Waals surface area (Å²) in [5, 5.41) is 22.2. The van der Waals surface area contributed by atoms with Crippen molar-refractivity contribution in [2.75, 3.05) is 20.0 Å². The maximum Gasteiger partial charge on any atom is 0.355 e. The standard InChI is InChI=1S/C11H18BNO7/c1-3-17-11(16)6(2)13-19-5-18-9-8(15)7(4-14)20-10(9)12/h7-10,14-15H,3-5H2,1-2H3/b13-6-/t7-,8?,9+,10-/m1/s1. The van der Waals surface area contributed by atoms with Crippen LogP contribution in [0.2, 0.25) is 0 Å². The molecule has 0 amide bonds. The summed E-state index contributed by atoms with van der Waals surface area (Å²) in [6.45, 7) is 2.66. The summed E-state index contributed by atoms with van der Waals surface area (Å²) in [4.78, 5) is 16.0. The first kappa shape index (κ1) is 16.9. The van der Waals surface area contributed by atoms with E-state index in [1.165, 1.54) is 6.92 Å². The summed E-state index contributed by atoms with van der Waals surface area (Å²) >= 11 is 0. The molecule has 9 heteroatoms. The molecule has 0 saturated carbocycles. The van der Waals surface area contributed by atoms with E-state index in [1.54, 1.807) is 6.92 Å². The fourth-order valence-electron chi connectivity index (χ4n) is 1.62. The number of rotatable bonds is 7. The Morgan fingerprint density at radius 1 is 1.50 bits per heavy atom. The van der Waals surface area contributed by atoms with E-state index in [9.17, 15) is 9.90 Å². The summed E-state index contributed by atoms with van der Waals surface area (Å²) in [5.74, 6) is -0.589. The minimum atomic E-state index is -1.06. The molecule has 1 aliphatic rings. The predicted octanol–water partition coefficient (Wildman–Crippen LogP) is -1.47. The van der Waals surface area contributed by atoms with Crippen molar-refractivity contribution in [2.24, 2.45) is 5.16 Å². The maximum absolute atomic E-state index is 11.2. The number of ether oxygens (including phenoxy) is 3. The molecule has 0 spiro atoms. The van der Waals surface area contributed by atoms with Gasteiger partial charge in [0.15, 0.2) is 5.71 Å². The summed E-state index contributed by atoms with van der Waals surface area (Å²) in [7, 11) is 5.58. The minimum Gasteiger partial charge on any atom is -0.461 e. The summed E-state index contributed by atoms with van der Waals surface area (Å²) < 4.78 is 14.9. The second-order valence-corrected chi connectivity index (χ2v) is 4.09. The van der Waals surface area contributed by atoms with Crippen LogP contribution < -0.4 is 0 Å². The van der Waals surface area contributed by atoms with Gasteiger partial charge in [-0.05, 0) is 13.8 Å². The largest absolute Gasteiger partial charge is 0.461 e. The van der Waals surface area contributed by atoms with Crippen LogP contribution in [0, 0.1) is 0 Å². The Balaban J connectivity index is 2.34. The summed E-state index contributed by atoms with van der Waals surface area (Å²) in [5.41, 5.74) is 0.0382. The number of esters is 1. The van der Waals surface area contributed by atoms with Gasteiger partial charge in [-0.15, -0.1) is 0 Å². The fourth-order valence-corrected chi connectivity index (χ4v) is 1.62. The van der Waals surface area contributed by atoms with Gasteiger partial charge in [-0.25, -0.2) is 4.79 Å². The van der Waals surface area contributed by atoms with Crippen molar-refractivity contribution >= 4 is 19.5 Å². The van der Waals surface area contributed by atoms with E-state index in [-0.39, 0.29) is 25.7 Å². The number of carbonyl (C=O) groups is 1. The molecular weight excluding hydrogens is 269 g/mol. The van der Waals surface area contributed by atoms with E-state index in [1.807, 2.05) is 0 Å². The molecule has 20 heavy (non-hydrogen) atoms. The SMILES string of the molecule is [B][C@@H]1O[C@H](CO)C(O)[C@@H]1OCO/N=C(/C)C(=O)OCC. The fraction of sp³-hybridized carbons (Fsp3) is 0.818. The predicted molar refractivity (Wildman–Crippen MR) is 68.1 cm³/mol. The van der Waals surface area contributed by atoms with Crippen LogP contribution in [-0.4, -0.2) is 74.1 Å². The Labute approximate surface area is 118 Å². The molecule has 0 aliphatic carbocycles. The lowest BCUT2D eigenvalue weighted by molar-refractivity contribution is -0.136. The molecular formula is C11H18BNO7. The molecule has 1 rings (SSSR count). The van der Waals surface area contributed by atoms with Gasteiger partial charge in [0.1, 0.15) is 26.2 Å². The summed E-state index contributed by atoms with van der Waals surface area (Å²) in [6, 6.07) is -0.874. The lowest BCUT2D eigenvalue weighted by atomic mass is 9.93. The molecule has 0 bridgehead atoms. The first-order valence-electron chi connectivity index (χ1n) is 6.16. The molecule has 4 atom stereocenters. The second kappa shape index (κ2) is 8.20. The van der Waals surface area contributed by atoms with Gasteiger partial charge in [0.2, 0.25) is 6.79 Å². The molecule has 0 aromatic rings. The lowest BCUT2D eigenvalue weighted by Crippen LogP contribution is -2.36. The van der Waals surface area contributed by atoms with E-state index < -0.39 is 30.3 Å². The molecule has 1 heterocycles. The van der Waals surface area contributed by atoms with Crippen LogP contribution in [-0.2, 0) is 23.8 Å². The molecule has 1 fully saturated rings. The number of oxime groups is 1. The number of nitrogens with zero attached hydrogens (tertiary/aromatic N) is 1. The van der Waals surface area contributed by atoms with Gasteiger partial charge in [-0.1, -0.05) is 5.16 Å². The van der Waals surface area contributed by atoms with E-state index in [0.717, 1.165) is 0 Å². The molecule has 2 radical (unpaired) electrons. The zero-order valence-electron chi connectivity index (χ0n) is 11.4. The van der Waals surface area contributed by atoms with Crippen LogP contribution in [0.15, 0.2) is 5.16 Å². The molecule has 8 nitrogen and oxygen atoms in total.